The fourth-order valence-electron chi connectivity index (χ4n) is 2.71. The Labute approximate surface area is 182 Å². The van der Waals surface area contributed by atoms with Crippen LogP contribution in [0.5, 0.6) is 17.2 Å². The molecule has 152 valence electrons. The van der Waals surface area contributed by atoms with E-state index in [1.165, 1.54) is 6.21 Å². The Kier molecular flexibility index (Phi) is 6.97. The van der Waals surface area contributed by atoms with Crippen molar-refractivity contribution < 1.29 is 23.4 Å². The Hall–Kier alpha value is -2.75. The summed E-state index contributed by atoms with van der Waals surface area (Å²) in [6.45, 7) is 4.94. The third kappa shape index (κ3) is 5.00. The average Bonchev–Trinajstić information content (AvgIpc) is 3.13. The number of nitrogens with zero attached hydrogens (tertiary/aromatic N) is 1. The summed E-state index contributed by atoms with van der Waals surface area (Å²) >= 11 is 2.17. The molecule has 1 heterocycles. The Morgan fingerprint density at radius 3 is 2.69 bits per heavy atom. The first-order chi connectivity index (χ1) is 14.0. The summed E-state index contributed by atoms with van der Waals surface area (Å²) in [5, 5.41) is 4.81. The summed E-state index contributed by atoms with van der Waals surface area (Å²) in [5.41, 5.74) is 3.85. The van der Waals surface area contributed by atoms with Gasteiger partial charge in [0.15, 0.2) is 17.3 Å². The summed E-state index contributed by atoms with van der Waals surface area (Å²) in [4.78, 5) is 12.3. The largest absolute Gasteiger partial charge is 0.494 e. The number of rotatable bonds is 8. The number of hydrazone groups is 1. The van der Waals surface area contributed by atoms with Crippen LogP contribution in [0.3, 0.4) is 0 Å². The van der Waals surface area contributed by atoms with E-state index in [1.807, 2.05) is 26.0 Å². The Balaban J connectivity index is 1.72. The van der Waals surface area contributed by atoms with Crippen LogP contribution in [0.15, 0.2) is 45.9 Å². The number of methoxy groups -OCH3 is 1. The molecule has 0 radical (unpaired) electrons. The van der Waals surface area contributed by atoms with Crippen molar-refractivity contribution in [3.8, 4) is 17.2 Å². The number of carbonyl (C=O) groups excluding carboxylic acids is 1. The summed E-state index contributed by atoms with van der Waals surface area (Å²) in [6, 6.07) is 10.7. The highest BCUT2D eigenvalue weighted by molar-refractivity contribution is 14.1. The monoisotopic (exact) mass is 508 g/mol. The van der Waals surface area contributed by atoms with Gasteiger partial charge in [-0.3, -0.25) is 4.79 Å². The molecule has 0 aliphatic carbocycles. The summed E-state index contributed by atoms with van der Waals surface area (Å²) in [7, 11) is 1.58. The molecule has 0 atom stereocenters. The highest BCUT2D eigenvalue weighted by Crippen LogP contribution is 2.33. The maximum Gasteiger partial charge on any atom is 0.307 e. The lowest BCUT2D eigenvalue weighted by molar-refractivity contribution is 0.0929. The van der Waals surface area contributed by atoms with Gasteiger partial charge < -0.3 is 18.6 Å². The van der Waals surface area contributed by atoms with Gasteiger partial charge in [0.1, 0.15) is 11.3 Å². The minimum absolute atomic E-state index is 0.171. The molecule has 0 saturated heterocycles. The van der Waals surface area contributed by atoms with Gasteiger partial charge in [-0.05, 0) is 78.4 Å². The summed E-state index contributed by atoms with van der Waals surface area (Å²) in [5.74, 6) is 1.75. The van der Waals surface area contributed by atoms with Crippen molar-refractivity contribution in [1.82, 2.24) is 5.43 Å². The summed E-state index contributed by atoms with van der Waals surface area (Å²) < 4.78 is 22.9. The second-order valence-electron chi connectivity index (χ2n) is 5.91. The maximum absolute atomic E-state index is 12.3. The van der Waals surface area contributed by atoms with E-state index in [0.29, 0.717) is 30.3 Å². The predicted molar refractivity (Wildman–Crippen MR) is 119 cm³/mol. The van der Waals surface area contributed by atoms with E-state index in [4.69, 9.17) is 18.6 Å². The highest BCUT2D eigenvalue weighted by atomic mass is 127. The topological polar surface area (TPSA) is 82.3 Å². The number of hydrogen-bond acceptors (Lipinski definition) is 6. The molecule has 1 N–H and O–H groups in total. The van der Waals surface area contributed by atoms with E-state index in [0.717, 1.165) is 20.3 Å². The van der Waals surface area contributed by atoms with Gasteiger partial charge in [0.2, 0.25) is 0 Å². The fourth-order valence-corrected chi connectivity index (χ4v) is 3.49. The molecule has 0 unspecified atom stereocenters. The van der Waals surface area contributed by atoms with Gasteiger partial charge in [0.25, 0.3) is 0 Å². The van der Waals surface area contributed by atoms with E-state index in [9.17, 15) is 4.79 Å². The van der Waals surface area contributed by atoms with Crippen LogP contribution in [0.1, 0.15) is 30.0 Å². The van der Waals surface area contributed by atoms with Crippen molar-refractivity contribution in [2.75, 3.05) is 20.3 Å². The molecule has 3 rings (SSSR count). The molecule has 2 aromatic carbocycles. The van der Waals surface area contributed by atoms with Crippen LogP contribution in [0.4, 0.5) is 0 Å². The second-order valence-corrected chi connectivity index (χ2v) is 7.07. The predicted octanol–water partition coefficient (Wildman–Crippen LogP) is 4.61. The molecule has 1 aromatic heterocycles. The molecular weight excluding hydrogens is 487 g/mol. The minimum atomic E-state index is -0.442. The number of nitrogens with one attached hydrogen (secondary N) is 1. The number of furan rings is 1. The van der Waals surface area contributed by atoms with Gasteiger partial charge in [-0.2, -0.15) is 5.10 Å². The number of ether oxygens (including phenoxy) is 3. The van der Waals surface area contributed by atoms with Crippen molar-refractivity contribution in [1.29, 1.82) is 0 Å². The maximum atomic E-state index is 12.3. The number of carbonyl (C=O) groups is 1. The van der Waals surface area contributed by atoms with E-state index >= 15 is 0 Å². The molecule has 3 aromatic rings. The van der Waals surface area contributed by atoms with Crippen molar-refractivity contribution in [2.45, 2.75) is 13.8 Å². The quantitative estimate of drug-likeness (QED) is 0.273. The molecule has 0 aliphatic rings. The van der Waals surface area contributed by atoms with Gasteiger partial charge in [-0.15, -0.1) is 0 Å². The van der Waals surface area contributed by atoms with Gasteiger partial charge in [0, 0.05) is 5.39 Å². The molecule has 0 aliphatic heterocycles. The molecule has 0 saturated carbocycles. The first-order valence-corrected chi connectivity index (χ1v) is 10.1. The van der Waals surface area contributed by atoms with E-state index < -0.39 is 5.91 Å². The average molecular weight is 508 g/mol. The number of halogens is 1. The number of amides is 1. The molecule has 29 heavy (non-hydrogen) atoms. The van der Waals surface area contributed by atoms with Crippen molar-refractivity contribution in [2.24, 2.45) is 5.10 Å². The lowest BCUT2D eigenvalue weighted by Gasteiger charge is -2.11. The van der Waals surface area contributed by atoms with Crippen molar-refractivity contribution >= 4 is 45.7 Å². The Morgan fingerprint density at radius 1 is 1.17 bits per heavy atom. The molecule has 7 nitrogen and oxygen atoms in total. The molecule has 8 heteroatoms. The first kappa shape index (κ1) is 21.0. The third-order valence-corrected chi connectivity index (χ3v) is 4.74. The minimum Gasteiger partial charge on any atom is -0.494 e. The van der Waals surface area contributed by atoms with Gasteiger partial charge in [-0.1, -0.05) is 0 Å². The lowest BCUT2D eigenvalue weighted by atomic mass is 10.2. The molecule has 0 spiro atoms. The van der Waals surface area contributed by atoms with Crippen LogP contribution in [0.2, 0.25) is 0 Å². The van der Waals surface area contributed by atoms with Crippen LogP contribution in [-0.2, 0) is 0 Å². The van der Waals surface area contributed by atoms with Crippen molar-refractivity contribution in [3.63, 3.8) is 0 Å². The second kappa shape index (κ2) is 9.64. The number of benzene rings is 2. The SMILES string of the molecule is CCOc1ccc2oc(C(=O)N/N=C\c3cc(I)c(OCC)c(OC)c3)cc2c1. The van der Waals surface area contributed by atoms with Crippen LogP contribution < -0.4 is 19.6 Å². The van der Waals surface area contributed by atoms with Crippen LogP contribution in [-0.4, -0.2) is 32.4 Å². The first-order valence-electron chi connectivity index (χ1n) is 9.05. The van der Waals surface area contributed by atoms with E-state index in [-0.39, 0.29) is 5.76 Å². The molecule has 0 fully saturated rings. The van der Waals surface area contributed by atoms with E-state index in [2.05, 4.69) is 33.1 Å². The Morgan fingerprint density at radius 2 is 1.97 bits per heavy atom. The number of fused-ring (bicyclic) bond motifs is 1. The smallest absolute Gasteiger partial charge is 0.307 e. The van der Waals surface area contributed by atoms with Crippen LogP contribution in [0.25, 0.3) is 11.0 Å². The number of hydrogen-bond donors (Lipinski definition) is 1. The zero-order valence-electron chi connectivity index (χ0n) is 16.3. The zero-order valence-corrected chi connectivity index (χ0v) is 18.5. The van der Waals surface area contributed by atoms with E-state index in [1.54, 1.807) is 31.4 Å². The lowest BCUT2D eigenvalue weighted by Crippen LogP contribution is -2.16. The van der Waals surface area contributed by atoms with Gasteiger partial charge in [0.05, 0.1) is 30.1 Å². The highest BCUT2D eigenvalue weighted by Gasteiger charge is 2.13. The fraction of sp³-hybridized carbons (Fsp3) is 0.238. The van der Waals surface area contributed by atoms with Gasteiger partial charge >= 0.3 is 5.91 Å². The van der Waals surface area contributed by atoms with Crippen molar-refractivity contribution in [3.05, 3.63) is 51.3 Å². The zero-order chi connectivity index (χ0) is 20.8. The molecular formula is C21H21IN2O5. The Bertz CT molecular complexity index is 1040. The normalized spacial score (nSPS) is 11.0. The summed E-state index contributed by atoms with van der Waals surface area (Å²) in [6.07, 6.45) is 1.54. The van der Waals surface area contributed by atoms with Crippen LogP contribution in [0, 0.1) is 3.57 Å². The standard InChI is InChI=1S/C21H21IN2O5/c1-4-27-15-6-7-17-14(10-15)11-19(29-17)21(25)24-23-12-13-8-16(22)20(28-5-2)18(9-13)26-3/h6-12H,4-5H2,1-3H3,(H,24,25)/b23-12-. The molecule has 1 amide bonds. The molecule has 0 bridgehead atoms. The van der Waals surface area contributed by atoms with Crippen LogP contribution >= 0.6 is 22.6 Å². The third-order valence-electron chi connectivity index (χ3n) is 3.94. The van der Waals surface area contributed by atoms with Gasteiger partial charge in [-0.25, -0.2) is 5.43 Å².